The second-order valence-electron chi connectivity index (χ2n) is 4.84. The molecule has 0 saturated carbocycles. The summed E-state index contributed by atoms with van der Waals surface area (Å²) in [6, 6.07) is 1.78. The zero-order valence-corrected chi connectivity index (χ0v) is 11.7. The molecule has 0 aliphatic carbocycles. The summed E-state index contributed by atoms with van der Waals surface area (Å²) in [4.78, 5) is 26.4. The minimum atomic E-state index is -0.356. The van der Waals surface area contributed by atoms with Crippen LogP contribution in [0.25, 0.3) is 0 Å². The van der Waals surface area contributed by atoms with Crippen molar-refractivity contribution < 1.29 is 9.90 Å². The van der Waals surface area contributed by atoms with Crippen molar-refractivity contribution in [3.8, 4) is 0 Å². The average Bonchev–Trinajstić information content (AvgIpc) is 2.33. The highest BCUT2D eigenvalue weighted by Crippen LogP contribution is 2.07. The molecule has 0 bridgehead atoms. The summed E-state index contributed by atoms with van der Waals surface area (Å²) in [5.74, 6) is -0.117. The van der Waals surface area contributed by atoms with Gasteiger partial charge in [0.05, 0.1) is 0 Å². The average molecular weight is 266 g/mol. The van der Waals surface area contributed by atoms with E-state index in [0.717, 1.165) is 12.1 Å². The van der Waals surface area contributed by atoms with Crippen LogP contribution >= 0.6 is 0 Å². The Hall–Kier alpha value is -1.62. The van der Waals surface area contributed by atoms with Gasteiger partial charge in [0, 0.05) is 18.8 Å². The van der Waals surface area contributed by atoms with Crippen LogP contribution in [0.15, 0.2) is 10.9 Å². The number of amides is 1. The van der Waals surface area contributed by atoms with E-state index in [4.69, 9.17) is 5.11 Å². The highest BCUT2D eigenvalue weighted by atomic mass is 16.3. The summed E-state index contributed by atoms with van der Waals surface area (Å²) in [5.41, 5.74) is 1.23. The summed E-state index contributed by atoms with van der Waals surface area (Å²) in [6.45, 7) is 6.13. The lowest BCUT2D eigenvalue weighted by Gasteiger charge is -2.14. The topological polar surface area (TPSA) is 82.2 Å². The third-order valence-corrected chi connectivity index (χ3v) is 3.26. The smallest absolute Gasteiger partial charge is 0.261 e. The van der Waals surface area contributed by atoms with Gasteiger partial charge in [-0.3, -0.25) is 9.59 Å². The number of aromatic nitrogens is 1. The fraction of sp³-hybridized carbons (Fsp3) is 0.571. The number of aryl methyl sites for hydroxylation is 2. The lowest BCUT2D eigenvalue weighted by molar-refractivity contribution is 0.0941. The Labute approximate surface area is 113 Å². The van der Waals surface area contributed by atoms with Gasteiger partial charge in [-0.1, -0.05) is 13.3 Å². The van der Waals surface area contributed by atoms with E-state index in [0.29, 0.717) is 18.5 Å². The molecule has 1 aromatic heterocycles. The van der Waals surface area contributed by atoms with E-state index in [2.05, 4.69) is 10.3 Å². The van der Waals surface area contributed by atoms with Crippen LogP contribution < -0.4 is 10.9 Å². The molecule has 0 aromatic carbocycles. The van der Waals surface area contributed by atoms with E-state index < -0.39 is 0 Å². The minimum Gasteiger partial charge on any atom is -0.396 e. The molecule has 106 valence electrons. The number of hydrogen-bond donors (Lipinski definition) is 3. The van der Waals surface area contributed by atoms with Crippen molar-refractivity contribution in [2.45, 2.75) is 33.6 Å². The summed E-state index contributed by atoms with van der Waals surface area (Å²) < 4.78 is 0. The number of aromatic amines is 1. The van der Waals surface area contributed by atoms with Crippen LogP contribution in [0.3, 0.4) is 0 Å². The summed E-state index contributed by atoms with van der Waals surface area (Å²) in [6.07, 6.45) is 1.53. The van der Waals surface area contributed by atoms with Gasteiger partial charge in [0.25, 0.3) is 11.5 Å². The number of rotatable bonds is 6. The van der Waals surface area contributed by atoms with Crippen LogP contribution in [0.4, 0.5) is 0 Å². The van der Waals surface area contributed by atoms with E-state index in [1.54, 1.807) is 19.9 Å². The molecule has 1 unspecified atom stereocenters. The molecule has 1 atom stereocenters. The van der Waals surface area contributed by atoms with Crippen LogP contribution in [-0.2, 0) is 0 Å². The van der Waals surface area contributed by atoms with Gasteiger partial charge in [0.2, 0.25) is 0 Å². The Morgan fingerprint density at radius 1 is 1.47 bits per heavy atom. The molecule has 0 radical (unpaired) electrons. The van der Waals surface area contributed by atoms with Crippen molar-refractivity contribution in [3.63, 3.8) is 0 Å². The molecule has 5 heteroatoms. The maximum absolute atomic E-state index is 12.0. The number of carbonyl (C=O) groups is 1. The first-order valence-electron chi connectivity index (χ1n) is 6.59. The fourth-order valence-electron chi connectivity index (χ4n) is 2.09. The standard InChI is InChI=1S/C14H22N2O3/c1-4-11(5-6-17)8-15-13(18)12-9(2)7-10(3)16-14(12)19/h7,11,17H,4-6,8H2,1-3H3,(H,15,18)(H,16,19). The number of carbonyl (C=O) groups excluding carboxylic acids is 1. The molecule has 0 saturated heterocycles. The van der Waals surface area contributed by atoms with E-state index in [1.165, 1.54) is 0 Å². The molecule has 0 aliphatic heterocycles. The normalized spacial score (nSPS) is 12.2. The van der Waals surface area contributed by atoms with E-state index in [1.807, 2.05) is 6.92 Å². The van der Waals surface area contributed by atoms with Crippen molar-refractivity contribution >= 4 is 5.91 Å². The summed E-state index contributed by atoms with van der Waals surface area (Å²) >= 11 is 0. The molecular formula is C14H22N2O3. The Bertz CT molecular complexity index is 494. The SMILES string of the molecule is CCC(CCO)CNC(=O)c1c(C)cc(C)[nH]c1=O. The van der Waals surface area contributed by atoms with Gasteiger partial charge < -0.3 is 15.4 Å². The van der Waals surface area contributed by atoms with Crippen LogP contribution in [0.1, 0.15) is 41.4 Å². The molecule has 3 N–H and O–H groups in total. The van der Waals surface area contributed by atoms with Gasteiger partial charge >= 0.3 is 0 Å². The molecule has 0 spiro atoms. The first kappa shape index (κ1) is 15.4. The Balaban J connectivity index is 2.76. The number of hydrogen-bond acceptors (Lipinski definition) is 3. The van der Waals surface area contributed by atoms with Gasteiger partial charge in [0.15, 0.2) is 0 Å². The highest BCUT2D eigenvalue weighted by Gasteiger charge is 2.15. The third kappa shape index (κ3) is 4.21. The van der Waals surface area contributed by atoms with Crippen LogP contribution in [0.5, 0.6) is 0 Å². The quantitative estimate of drug-likeness (QED) is 0.722. The van der Waals surface area contributed by atoms with Crippen LogP contribution in [0.2, 0.25) is 0 Å². The second kappa shape index (κ2) is 7.09. The highest BCUT2D eigenvalue weighted by molar-refractivity contribution is 5.95. The molecule has 1 rings (SSSR count). The maximum Gasteiger partial charge on any atom is 0.261 e. The van der Waals surface area contributed by atoms with Crippen molar-refractivity contribution in [1.82, 2.24) is 10.3 Å². The Morgan fingerprint density at radius 2 is 2.16 bits per heavy atom. The van der Waals surface area contributed by atoms with Crippen LogP contribution in [0, 0.1) is 19.8 Å². The first-order chi connectivity index (χ1) is 8.99. The maximum atomic E-state index is 12.0. The molecule has 19 heavy (non-hydrogen) atoms. The lowest BCUT2D eigenvalue weighted by Crippen LogP contribution is -2.34. The molecule has 1 amide bonds. The summed E-state index contributed by atoms with van der Waals surface area (Å²) in [7, 11) is 0. The minimum absolute atomic E-state index is 0.110. The lowest BCUT2D eigenvalue weighted by atomic mass is 10.0. The van der Waals surface area contributed by atoms with Crippen molar-refractivity contribution in [3.05, 3.63) is 33.2 Å². The molecular weight excluding hydrogens is 244 g/mol. The molecule has 0 aliphatic rings. The molecule has 0 fully saturated rings. The van der Waals surface area contributed by atoms with Crippen molar-refractivity contribution in [1.29, 1.82) is 0 Å². The van der Waals surface area contributed by atoms with Gasteiger partial charge in [-0.25, -0.2) is 0 Å². The molecule has 1 heterocycles. The molecule has 1 aromatic rings. The Kier molecular flexibility index (Phi) is 5.76. The summed E-state index contributed by atoms with van der Waals surface area (Å²) in [5, 5.41) is 11.7. The number of pyridine rings is 1. The Morgan fingerprint density at radius 3 is 2.68 bits per heavy atom. The first-order valence-corrected chi connectivity index (χ1v) is 6.59. The van der Waals surface area contributed by atoms with E-state index in [9.17, 15) is 9.59 Å². The number of aliphatic hydroxyl groups excluding tert-OH is 1. The number of aliphatic hydroxyl groups is 1. The zero-order valence-electron chi connectivity index (χ0n) is 11.7. The molecule has 5 nitrogen and oxygen atoms in total. The van der Waals surface area contributed by atoms with Crippen molar-refractivity contribution in [2.24, 2.45) is 5.92 Å². The van der Waals surface area contributed by atoms with Gasteiger partial charge in [0.1, 0.15) is 5.56 Å². The number of H-pyrrole nitrogens is 1. The van der Waals surface area contributed by atoms with Crippen molar-refractivity contribution in [2.75, 3.05) is 13.2 Å². The van der Waals surface area contributed by atoms with E-state index in [-0.39, 0.29) is 29.6 Å². The third-order valence-electron chi connectivity index (χ3n) is 3.26. The largest absolute Gasteiger partial charge is 0.396 e. The predicted molar refractivity (Wildman–Crippen MR) is 74.4 cm³/mol. The zero-order chi connectivity index (χ0) is 14.4. The fourth-order valence-corrected chi connectivity index (χ4v) is 2.09. The van der Waals surface area contributed by atoms with Gasteiger partial charge in [-0.05, 0) is 37.8 Å². The van der Waals surface area contributed by atoms with Gasteiger partial charge in [-0.2, -0.15) is 0 Å². The van der Waals surface area contributed by atoms with Crippen LogP contribution in [-0.4, -0.2) is 29.1 Å². The van der Waals surface area contributed by atoms with E-state index >= 15 is 0 Å². The van der Waals surface area contributed by atoms with Gasteiger partial charge in [-0.15, -0.1) is 0 Å². The monoisotopic (exact) mass is 266 g/mol. The number of nitrogens with one attached hydrogen (secondary N) is 2. The second-order valence-corrected chi connectivity index (χ2v) is 4.84. The predicted octanol–water partition coefficient (Wildman–Crippen LogP) is 1.13.